The van der Waals surface area contributed by atoms with E-state index in [4.69, 9.17) is 4.74 Å². The van der Waals surface area contributed by atoms with E-state index in [0.717, 1.165) is 36.8 Å². The van der Waals surface area contributed by atoms with Gasteiger partial charge in [0.1, 0.15) is 6.04 Å². The van der Waals surface area contributed by atoms with Crippen molar-refractivity contribution in [2.45, 2.75) is 38.8 Å². The van der Waals surface area contributed by atoms with Crippen molar-refractivity contribution in [2.24, 2.45) is 0 Å². The molecular weight excluding hydrogens is 306 g/mol. The molecule has 1 atom stereocenters. The van der Waals surface area contributed by atoms with Crippen molar-refractivity contribution in [2.75, 3.05) is 13.2 Å². The topological polar surface area (TPSA) is 29.5 Å². The number of halogens is 1. The molecular formula is C15H20BrNO2. The van der Waals surface area contributed by atoms with E-state index in [1.165, 1.54) is 5.56 Å². The Kier molecular flexibility index (Phi) is 5.40. The predicted molar refractivity (Wildman–Crippen MR) is 78.8 cm³/mol. The number of ether oxygens (including phenoxy) is 1. The molecule has 1 aromatic carbocycles. The van der Waals surface area contributed by atoms with Crippen LogP contribution in [-0.2, 0) is 16.1 Å². The first-order chi connectivity index (χ1) is 9.20. The van der Waals surface area contributed by atoms with E-state index in [1.807, 2.05) is 19.1 Å². The van der Waals surface area contributed by atoms with E-state index in [1.54, 1.807) is 0 Å². The second-order valence-electron chi connectivity index (χ2n) is 4.86. The van der Waals surface area contributed by atoms with Gasteiger partial charge in [-0.05, 0) is 44.0 Å². The van der Waals surface area contributed by atoms with Crippen LogP contribution in [0, 0.1) is 0 Å². The zero-order valence-electron chi connectivity index (χ0n) is 11.3. The van der Waals surface area contributed by atoms with Crippen molar-refractivity contribution in [1.29, 1.82) is 0 Å². The summed E-state index contributed by atoms with van der Waals surface area (Å²) in [6.07, 6.45) is 3.18. The number of rotatable bonds is 4. The van der Waals surface area contributed by atoms with Crippen molar-refractivity contribution in [1.82, 2.24) is 4.90 Å². The third kappa shape index (κ3) is 4.05. The first kappa shape index (κ1) is 14.5. The molecule has 0 saturated carbocycles. The first-order valence-corrected chi connectivity index (χ1v) is 7.65. The summed E-state index contributed by atoms with van der Waals surface area (Å²) in [6.45, 7) is 4.11. The standard InChI is InChI=1S/C15H20BrNO2/c1-2-19-15(18)14-5-3-4-10-17(14)11-12-6-8-13(16)9-7-12/h6-9,14H,2-5,10-11H2,1H3/t14-/m0/s1. The highest BCUT2D eigenvalue weighted by atomic mass is 79.9. The van der Waals surface area contributed by atoms with Crippen molar-refractivity contribution in [3.05, 3.63) is 34.3 Å². The summed E-state index contributed by atoms with van der Waals surface area (Å²) in [4.78, 5) is 14.2. The number of nitrogens with zero attached hydrogens (tertiary/aromatic N) is 1. The van der Waals surface area contributed by atoms with Crippen molar-refractivity contribution >= 4 is 21.9 Å². The van der Waals surface area contributed by atoms with Crippen LogP contribution >= 0.6 is 15.9 Å². The summed E-state index contributed by atoms with van der Waals surface area (Å²) in [5, 5.41) is 0. The largest absolute Gasteiger partial charge is 0.465 e. The molecule has 0 N–H and O–H groups in total. The van der Waals surface area contributed by atoms with Gasteiger partial charge in [0, 0.05) is 11.0 Å². The van der Waals surface area contributed by atoms with Gasteiger partial charge >= 0.3 is 5.97 Å². The molecule has 1 fully saturated rings. The Morgan fingerprint density at radius 2 is 2.11 bits per heavy atom. The predicted octanol–water partition coefficient (Wildman–Crippen LogP) is 3.37. The van der Waals surface area contributed by atoms with Gasteiger partial charge in [-0.15, -0.1) is 0 Å². The fourth-order valence-corrected chi connectivity index (χ4v) is 2.77. The van der Waals surface area contributed by atoms with Crippen LogP contribution in [-0.4, -0.2) is 30.1 Å². The molecule has 0 aromatic heterocycles. The highest BCUT2D eigenvalue weighted by Crippen LogP contribution is 2.21. The fraction of sp³-hybridized carbons (Fsp3) is 0.533. The molecule has 104 valence electrons. The Balaban J connectivity index is 2.03. The molecule has 0 unspecified atom stereocenters. The fourth-order valence-electron chi connectivity index (χ4n) is 2.51. The molecule has 19 heavy (non-hydrogen) atoms. The summed E-state index contributed by atoms with van der Waals surface area (Å²) in [6, 6.07) is 8.20. The summed E-state index contributed by atoms with van der Waals surface area (Å²) in [5.41, 5.74) is 1.24. The molecule has 0 spiro atoms. The highest BCUT2D eigenvalue weighted by Gasteiger charge is 2.29. The number of likely N-dealkylation sites (tertiary alicyclic amines) is 1. The monoisotopic (exact) mass is 325 g/mol. The van der Waals surface area contributed by atoms with Crippen molar-refractivity contribution in [3.63, 3.8) is 0 Å². The minimum atomic E-state index is -0.0719. The first-order valence-electron chi connectivity index (χ1n) is 6.86. The average molecular weight is 326 g/mol. The van der Waals surface area contributed by atoms with Gasteiger partial charge in [-0.1, -0.05) is 34.5 Å². The lowest BCUT2D eigenvalue weighted by atomic mass is 10.0. The molecule has 0 bridgehead atoms. The number of esters is 1. The third-order valence-corrected chi connectivity index (χ3v) is 4.00. The van der Waals surface area contributed by atoms with Crippen LogP contribution in [0.15, 0.2) is 28.7 Å². The Bertz CT molecular complexity index is 419. The van der Waals surface area contributed by atoms with E-state index in [9.17, 15) is 4.79 Å². The molecule has 0 aliphatic carbocycles. The lowest BCUT2D eigenvalue weighted by molar-refractivity contribution is -0.151. The van der Waals surface area contributed by atoms with Gasteiger partial charge < -0.3 is 4.74 Å². The maximum absolute atomic E-state index is 12.0. The maximum atomic E-state index is 12.0. The summed E-state index contributed by atoms with van der Waals surface area (Å²) in [7, 11) is 0. The van der Waals surface area contributed by atoms with Crippen LogP contribution < -0.4 is 0 Å². The lowest BCUT2D eigenvalue weighted by Gasteiger charge is -2.33. The molecule has 1 saturated heterocycles. The van der Waals surface area contributed by atoms with Crippen LogP contribution in [0.25, 0.3) is 0 Å². The molecule has 0 radical (unpaired) electrons. The molecule has 3 nitrogen and oxygen atoms in total. The van der Waals surface area contributed by atoms with Gasteiger partial charge in [0.15, 0.2) is 0 Å². The normalized spacial score (nSPS) is 20.2. The van der Waals surface area contributed by atoms with Crippen LogP contribution in [0.1, 0.15) is 31.7 Å². The quantitative estimate of drug-likeness (QED) is 0.795. The second-order valence-corrected chi connectivity index (χ2v) is 5.78. The molecule has 4 heteroatoms. The molecule has 1 aliphatic rings. The SMILES string of the molecule is CCOC(=O)[C@@H]1CCCCN1Cc1ccc(Br)cc1. The highest BCUT2D eigenvalue weighted by molar-refractivity contribution is 9.10. The van der Waals surface area contributed by atoms with Crippen LogP contribution in [0.2, 0.25) is 0 Å². The van der Waals surface area contributed by atoms with Gasteiger partial charge in [0.2, 0.25) is 0 Å². The minimum absolute atomic E-state index is 0.0701. The average Bonchev–Trinajstić information content (AvgIpc) is 2.42. The van der Waals surface area contributed by atoms with Crippen molar-refractivity contribution in [3.8, 4) is 0 Å². The third-order valence-electron chi connectivity index (χ3n) is 3.47. The van der Waals surface area contributed by atoms with Gasteiger partial charge in [-0.2, -0.15) is 0 Å². The van der Waals surface area contributed by atoms with Gasteiger partial charge in [0.25, 0.3) is 0 Å². The number of hydrogen-bond donors (Lipinski definition) is 0. The zero-order chi connectivity index (χ0) is 13.7. The Hall–Kier alpha value is -0.870. The summed E-state index contributed by atoms with van der Waals surface area (Å²) >= 11 is 3.44. The van der Waals surface area contributed by atoms with Gasteiger partial charge in [0.05, 0.1) is 6.61 Å². The van der Waals surface area contributed by atoms with E-state index >= 15 is 0 Å². The zero-order valence-corrected chi connectivity index (χ0v) is 12.9. The van der Waals surface area contributed by atoms with E-state index in [-0.39, 0.29) is 12.0 Å². The lowest BCUT2D eigenvalue weighted by Crippen LogP contribution is -2.44. The van der Waals surface area contributed by atoms with E-state index < -0.39 is 0 Å². The Morgan fingerprint density at radius 1 is 1.37 bits per heavy atom. The second kappa shape index (κ2) is 7.06. The number of hydrogen-bond acceptors (Lipinski definition) is 3. The summed E-state index contributed by atoms with van der Waals surface area (Å²) < 4.78 is 6.26. The van der Waals surface area contributed by atoms with Crippen LogP contribution in [0.4, 0.5) is 0 Å². The maximum Gasteiger partial charge on any atom is 0.323 e. The van der Waals surface area contributed by atoms with Crippen LogP contribution in [0.3, 0.4) is 0 Å². The molecule has 1 heterocycles. The Labute approximate surface area is 123 Å². The number of piperidine rings is 1. The van der Waals surface area contributed by atoms with Gasteiger partial charge in [-0.3, -0.25) is 9.69 Å². The molecule has 1 aliphatic heterocycles. The number of benzene rings is 1. The van der Waals surface area contributed by atoms with Gasteiger partial charge in [-0.25, -0.2) is 0 Å². The number of carbonyl (C=O) groups is 1. The minimum Gasteiger partial charge on any atom is -0.465 e. The smallest absolute Gasteiger partial charge is 0.323 e. The molecule has 1 aromatic rings. The summed E-state index contributed by atoms with van der Waals surface area (Å²) in [5.74, 6) is -0.0701. The van der Waals surface area contributed by atoms with Crippen LogP contribution in [0.5, 0.6) is 0 Å². The number of carbonyl (C=O) groups excluding carboxylic acids is 1. The Morgan fingerprint density at radius 3 is 2.79 bits per heavy atom. The molecule has 0 amide bonds. The molecule has 2 rings (SSSR count). The van der Waals surface area contributed by atoms with E-state index in [2.05, 4.69) is 33.0 Å². The van der Waals surface area contributed by atoms with Crippen molar-refractivity contribution < 1.29 is 9.53 Å². The van der Waals surface area contributed by atoms with E-state index in [0.29, 0.717) is 6.61 Å².